The molecule has 5 heteroatoms. The molecule has 0 saturated heterocycles. The molecule has 0 heterocycles. The molecule has 0 spiro atoms. The van der Waals surface area contributed by atoms with Crippen molar-refractivity contribution in [1.29, 1.82) is 0 Å². The number of aromatic carboxylic acids is 1. The largest absolute Gasteiger partial charge is 0.594 e. The van der Waals surface area contributed by atoms with Gasteiger partial charge in [0, 0.05) is 17.2 Å². The van der Waals surface area contributed by atoms with Crippen LogP contribution in [0.4, 0.5) is 11.4 Å². The quantitative estimate of drug-likeness (QED) is 0.509. The number of azo groups is 1. The molecule has 0 radical (unpaired) electrons. The topological polar surface area (TPSA) is 75.7 Å². The highest BCUT2D eigenvalue weighted by Crippen LogP contribution is 2.17. The van der Waals surface area contributed by atoms with Crippen LogP contribution in [-0.4, -0.2) is 15.9 Å². The Balaban J connectivity index is 2.25. The highest BCUT2D eigenvalue weighted by Gasteiger charge is 2.04. The molecule has 0 fully saturated rings. The van der Waals surface area contributed by atoms with Crippen LogP contribution in [0.5, 0.6) is 0 Å². The van der Waals surface area contributed by atoms with Crippen molar-refractivity contribution < 1.29 is 14.8 Å². The van der Waals surface area contributed by atoms with Crippen molar-refractivity contribution in [2.24, 2.45) is 5.11 Å². The number of rotatable bonds is 3. The summed E-state index contributed by atoms with van der Waals surface area (Å²) in [7, 11) is 0. The Morgan fingerprint density at radius 2 is 1.67 bits per heavy atom. The molecule has 90 valence electrons. The average Bonchev–Trinajstić information content (AvgIpc) is 2.40. The molecule has 0 aromatic heterocycles. The van der Waals surface area contributed by atoms with Crippen molar-refractivity contribution in [1.82, 2.24) is 0 Å². The first-order chi connectivity index (χ1) is 8.66. The molecule has 5 nitrogen and oxygen atoms in total. The molecule has 18 heavy (non-hydrogen) atoms. The molecule has 0 amide bonds. The molecule has 0 aliphatic heterocycles. The lowest BCUT2D eigenvalue weighted by atomic mass is 10.2. The number of carboxylic acid groups (broad SMARTS) is 1. The van der Waals surface area contributed by atoms with Gasteiger partial charge in [0.05, 0.1) is 5.56 Å². The molecule has 0 unspecified atom stereocenters. The summed E-state index contributed by atoms with van der Waals surface area (Å²) < 4.78 is 0. The fourth-order valence-electron chi connectivity index (χ4n) is 1.39. The zero-order valence-corrected chi connectivity index (χ0v) is 9.35. The van der Waals surface area contributed by atoms with Crippen molar-refractivity contribution in [3.05, 3.63) is 65.4 Å². The first-order valence-electron chi connectivity index (χ1n) is 5.24. The van der Waals surface area contributed by atoms with E-state index in [1.54, 1.807) is 30.3 Å². The second-order valence-electron chi connectivity index (χ2n) is 3.56. The van der Waals surface area contributed by atoms with Crippen LogP contribution in [0.15, 0.2) is 59.7 Å². The second-order valence-corrected chi connectivity index (χ2v) is 3.56. The Hall–Kier alpha value is -2.69. The minimum Gasteiger partial charge on any atom is -0.594 e. The summed E-state index contributed by atoms with van der Waals surface area (Å²) in [6.45, 7) is 0. The smallest absolute Gasteiger partial charge is 0.335 e. The van der Waals surface area contributed by atoms with Gasteiger partial charge in [-0.25, -0.2) is 4.79 Å². The van der Waals surface area contributed by atoms with Gasteiger partial charge in [-0.2, -0.15) is 0 Å². The molecule has 0 bridgehead atoms. The molecular weight excluding hydrogens is 232 g/mol. The van der Waals surface area contributed by atoms with Crippen molar-refractivity contribution in [2.75, 3.05) is 0 Å². The highest BCUT2D eigenvalue weighted by atomic mass is 16.5. The van der Waals surface area contributed by atoms with Crippen LogP contribution in [-0.2, 0) is 0 Å². The van der Waals surface area contributed by atoms with Crippen LogP contribution in [0.1, 0.15) is 10.4 Å². The van der Waals surface area contributed by atoms with E-state index < -0.39 is 5.97 Å². The van der Waals surface area contributed by atoms with E-state index in [-0.39, 0.29) is 5.56 Å². The van der Waals surface area contributed by atoms with Gasteiger partial charge >= 0.3 is 5.97 Å². The standard InChI is InChI=1S/C13H10N2O3/c16-13(17)10-6-8-11(9-7-10)14-15(18)12-4-2-1-3-5-12/h1-9H,(H,16,17). The van der Waals surface area contributed by atoms with E-state index in [4.69, 9.17) is 5.11 Å². The van der Waals surface area contributed by atoms with Crippen molar-refractivity contribution >= 4 is 17.3 Å². The van der Waals surface area contributed by atoms with Crippen LogP contribution in [0.2, 0.25) is 0 Å². The molecule has 0 atom stereocenters. The van der Waals surface area contributed by atoms with Gasteiger partial charge in [0.15, 0.2) is 0 Å². The van der Waals surface area contributed by atoms with Crippen molar-refractivity contribution in [2.45, 2.75) is 0 Å². The number of hydrogen-bond acceptors (Lipinski definition) is 3. The summed E-state index contributed by atoms with van der Waals surface area (Å²) in [6.07, 6.45) is 0. The molecule has 0 aliphatic carbocycles. The Labute approximate surface area is 103 Å². The first-order valence-corrected chi connectivity index (χ1v) is 5.24. The summed E-state index contributed by atoms with van der Waals surface area (Å²) in [4.78, 5) is 11.1. The van der Waals surface area contributed by atoms with Crippen LogP contribution in [0.3, 0.4) is 0 Å². The van der Waals surface area contributed by atoms with E-state index in [0.717, 1.165) is 0 Å². The minimum absolute atomic E-state index is 0.158. The van der Waals surface area contributed by atoms with Gasteiger partial charge in [-0.1, -0.05) is 23.1 Å². The highest BCUT2D eigenvalue weighted by molar-refractivity contribution is 5.87. The van der Waals surface area contributed by atoms with E-state index in [1.165, 1.54) is 24.3 Å². The molecule has 0 saturated carbocycles. The molecule has 2 aromatic rings. The number of benzene rings is 2. The molecule has 2 aromatic carbocycles. The monoisotopic (exact) mass is 242 g/mol. The summed E-state index contributed by atoms with van der Waals surface area (Å²) in [5.41, 5.74) is 0.977. The first kappa shape index (κ1) is 11.8. The SMILES string of the molecule is O=C(O)c1ccc(N=[N+]([O-])c2ccccc2)cc1. The number of carbonyl (C=O) groups is 1. The molecule has 2 rings (SSSR count). The third-order valence-electron chi connectivity index (χ3n) is 2.30. The lowest BCUT2D eigenvalue weighted by Crippen LogP contribution is -1.94. The zero-order valence-electron chi connectivity index (χ0n) is 9.35. The predicted octanol–water partition coefficient (Wildman–Crippen LogP) is 3.31. The van der Waals surface area contributed by atoms with E-state index >= 15 is 0 Å². The molecule has 0 aliphatic rings. The van der Waals surface area contributed by atoms with Gasteiger partial charge in [0.2, 0.25) is 5.69 Å². The minimum atomic E-state index is -1.01. The summed E-state index contributed by atoms with van der Waals surface area (Å²) in [5.74, 6) is -1.01. The van der Waals surface area contributed by atoms with E-state index in [0.29, 0.717) is 16.2 Å². The third-order valence-corrected chi connectivity index (χ3v) is 2.30. The predicted molar refractivity (Wildman–Crippen MR) is 65.2 cm³/mol. The fraction of sp³-hybridized carbons (Fsp3) is 0. The summed E-state index contributed by atoms with van der Waals surface area (Å²) in [5, 5.41) is 24.2. The Morgan fingerprint density at radius 3 is 2.22 bits per heavy atom. The summed E-state index contributed by atoms with van der Waals surface area (Å²) in [6, 6.07) is 14.3. The van der Waals surface area contributed by atoms with Crippen molar-refractivity contribution in [3.8, 4) is 0 Å². The molecule has 1 N–H and O–H groups in total. The fourth-order valence-corrected chi connectivity index (χ4v) is 1.39. The van der Waals surface area contributed by atoms with Gasteiger partial charge < -0.3 is 10.3 Å². The molecular formula is C13H10N2O3. The number of hydrogen-bond donors (Lipinski definition) is 1. The Morgan fingerprint density at radius 1 is 1.06 bits per heavy atom. The second kappa shape index (κ2) is 5.09. The van der Waals surface area contributed by atoms with E-state index in [1.807, 2.05) is 0 Å². The van der Waals surface area contributed by atoms with Crippen LogP contribution in [0, 0.1) is 5.21 Å². The van der Waals surface area contributed by atoms with E-state index in [9.17, 15) is 10.0 Å². The number of carboxylic acids is 1. The van der Waals surface area contributed by atoms with E-state index in [2.05, 4.69) is 5.11 Å². The lowest BCUT2D eigenvalue weighted by molar-refractivity contribution is -0.435. The van der Waals surface area contributed by atoms with Gasteiger partial charge in [-0.3, -0.25) is 0 Å². The van der Waals surface area contributed by atoms with Crippen LogP contribution >= 0.6 is 0 Å². The van der Waals surface area contributed by atoms with Crippen molar-refractivity contribution in [3.63, 3.8) is 0 Å². The lowest BCUT2D eigenvalue weighted by Gasteiger charge is -1.99. The van der Waals surface area contributed by atoms with Gasteiger partial charge in [-0.15, -0.1) is 0 Å². The number of nitrogens with zero attached hydrogens (tertiary/aromatic N) is 2. The summed E-state index contributed by atoms with van der Waals surface area (Å²) >= 11 is 0. The number of para-hydroxylation sites is 1. The maximum absolute atomic E-state index is 11.7. The maximum atomic E-state index is 11.7. The normalized spacial score (nSPS) is 11.2. The van der Waals surface area contributed by atoms with Crippen LogP contribution < -0.4 is 0 Å². The Bertz CT molecular complexity index is 577. The van der Waals surface area contributed by atoms with Gasteiger partial charge in [0.25, 0.3) is 0 Å². The Kier molecular flexibility index (Phi) is 3.33. The zero-order chi connectivity index (χ0) is 13.0. The van der Waals surface area contributed by atoms with Gasteiger partial charge in [-0.05, 0) is 24.3 Å². The maximum Gasteiger partial charge on any atom is 0.335 e. The van der Waals surface area contributed by atoms with Gasteiger partial charge in [0.1, 0.15) is 5.69 Å². The third kappa shape index (κ3) is 2.70. The average molecular weight is 242 g/mol. The van der Waals surface area contributed by atoms with Crippen LogP contribution in [0.25, 0.3) is 0 Å².